The van der Waals surface area contributed by atoms with Gasteiger partial charge in [-0.1, -0.05) is 12.1 Å². The molecule has 10 nitrogen and oxygen atoms in total. The minimum atomic E-state index is -1.01. The van der Waals surface area contributed by atoms with Gasteiger partial charge in [-0.05, 0) is 68.0 Å². The molecule has 186 valence electrons. The zero-order valence-electron chi connectivity index (χ0n) is 19.4. The Morgan fingerprint density at radius 3 is 2.69 bits per heavy atom. The number of amides is 2. The number of benzene rings is 1. The number of thiophene rings is 1. The Balaban J connectivity index is 1.38. The molecule has 2 N–H and O–H groups in total. The first-order valence-corrected chi connectivity index (χ1v) is 12.1. The van der Waals surface area contributed by atoms with Crippen molar-refractivity contribution in [3.63, 3.8) is 0 Å². The number of hydrogen-bond acceptors (Lipinski definition) is 9. The third-order valence-electron chi connectivity index (χ3n) is 5.25. The van der Waals surface area contributed by atoms with E-state index in [0.29, 0.717) is 16.1 Å². The summed E-state index contributed by atoms with van der Waals surface area (Å²) in [5.41, 5.74) is 3.87. The van der Waals surface area contributed by atoms with Gasteiger partial charge in [0.2, 0.25) is 5.76 Å². The van der Waals surface area contributed by atoms with Gasteiger partial charge in [0.05, 0.1) is 24.6 Å². The lowest BCUT2D eigenvalue weighted by Crippen LogP contribution is -2.32. The molecule has 2 aromatic heterocycles. The minimum Gasteiger partial charge on any atom is -0.462 e. The lowest BCUT2D eigenvalue weighted by atomic mass is 9.95. The fourth-order valence-corrected chi connectivity index (χ4v) is 4.93. The van der Waals surface area contributed by atoms with Crippen molar-refractivity contribution in [1.82, 2.24) is 5.43 Å². The largest absolute Gasteiger partial charge is 0.462 e. The van der Waals surface area contributed by atoms with Crippen molar-refractivity contribution in [2.75, 3.05) is 11.9 Å². The second kappa shape index (κ2) is 11.5. The summed E-state index contributed by atoms with van der Waals surface area (Å²) in [6.07, 6.45) is 6.15. The van der Waals surface area contributed by atoms with Gasteiger partial charge in [0, 0.05) is 4.88 Å². The number of nitrogens with zero attached hydrogens (tertiary/aromatic N) is 1. The van der Waals surface area contributed by atoms with Crippen LogP contribution >= 0.6 is 11.3 Å². The number of carbonyl (C=O) groups excluding carboxylic acids is 4. The number of rotatable bonds is 7. The highest BCUT2D eigenvalue weighted by molar-refractivity contribution is 7.17. The molecule has 0 aliphatic heterocycles. The summed E-state index contributed by atoms with van der Waals surface area (Å²) in [6.45, 7) is 1.91. The summed E-state index contributed by atoms with van der Waals surface area (Å²) in [7, 11) is 0. The van der Waals surface area contributed by atoms with Gasteiger partial charge < -0.3 is 19.2 Å². The van der Waals surface area contributed by atoms with Crippen LogP contribution in [0.15, 0.2) is 52.2 Å². The minimum absolute atomic E-state index is 0.0602. The number of fused-ring (bicyclic) bond motifs is 1. The summed E-state index contributed by atoms with van der Waals surface area (Å²) < 4.78 is 15.4. The van der Waals surface area contributed by atoms with E-state index < -0.39 is 23.8 Å². The number of hydrazone groups is 1. The molecule has 1 aromatic carbocycles. The summed E-state index contributed by atoms with van der Waals surface area (Å²) in [5, 5.41) is 6.62. The number of aryl methyl sites for hydroxylation is 1. The normalized spacial score (nSPS) is 12.6. The smallest absolute Gasteiger partial charge is 0.379 e. The van der Waals surface area contributed by atoms with Crippen molar-refractivity contribution in [1.29, 1.82) is 0 Å². The summed E-state index contributed by atoms with van der Waals surface area (Å²) in [4.78, 5) is 50.3. The molecule has 2 amide bonds. The molecule has 3 aromatic rings. The molecule has 0 saturated heterocycles. The molecule has 0 saturated carbocycles. The molecule has 1 aliphatic rings. The van der Waals surface area contributed by atoms with E-state index in [1.165, 1.54) is 35.9 Å². The lowest BCUT2D eigenvalue weighted by Gasteiger charge is -2.12. The molecular formula is C25H23N3O7S. The fourth-order valence-electron chi connectivity index (χ4n) is 3.66. The van der Waals surface area contributed by atoms with Crippen LogP contribution in [0.2, 0.25) is 0 Å². The van der Waals surface area contributed by atoms with Gasteiger partial charge in [0.15, 0.2) is 0 Å². The monoisotopic (exact) mass is 509 g/mol. The molecule has 0 fully saturated rings. The number of hydrogen-bond donors (Lipinski definition) is 2. The number of nitrogens with one attached hydrogen (secondary N) is 2. The maximum atomic E-state index is 12.5. The Bertz CT molecular complexity index is 1310. The molecular weight excluding hydrogens is 486 g/mol. The topological polar surface area (TPSA) is 136 Å². The van der Waals surface area contributed by atoms with Gasteiger partial charge in [0.25, 0.3) is 0 Å². The van der Waals surface area contributed by atoms with Crippen molar-refractivity contribution >= 4 is 46.3 Å². The molecule has 2 heterocycles. The Kier molecular flexibility index (Phi) is 7.91. The number of anilines is 1. The zero-order chi connectivity index (χ0) is 25.5. The van der Waals surface area contributed by atoms with Gasteiger partial charge in [-0.3, -0.25) is 9.59 Å². The standard InChI is InChI=1S/C25H23N3O7S/c1-2-33-25(32)20-17-9-3-4-11-19(17)36-23(20)27-21(29)22(30)28-26-14-15-7-5-8-16(13-15)35-24(31)18-10-6-12-34-18/h5-8,10,12-14H,2-4,9,11H2,1H3,(H,27,29)(H,28,30)/b26-14+. The third kappa shape index (κ3) is 5.87. The van der Waals surface area contributed by atoms with E-state index in [4.69, 9.17) is 13.9 Å². The van der Waals surface area contributed by atoms with Crippen molar-refractivity contribution in [2.24, 2.45) is 5.10 Å². The molecule has 1 aliphatic carbocycles. The Morgan fingerprint density at radius 1 is 1.08 bits per heavy atom. The molecule has 0 spiro atoms. The first kappa shape index (κ1) is 24.9. The van der Waals surface area contributed by atoms with E-state index >= 15 is 0 Å². The van der Waals surface area contributed by atoms with E-state index in [0.717, 1.165) is 36.1 Å². The SMILES string of the molecule is CCOC(=O)c1c(NC(=O)C(=O)N/N=C/c2cccc(OC(=O)c3ccco3)c2)sc2c1CCCC2. The highest BCUT2D eigenvalue weighted by Gasteiger charge is 2.28. The maximum Gasteiger partial charge on any atom is 0.379 e. The second-order valence-corrected chi connectivity index (χ2v) is 8.83. The van der Waals surface area contributed by atoms with E-state index in [1.54, 1.807) is 31.2 Å². The third-order valence-corrected chi connectivity index (χ3v) is 6.46. The van der Waals surface area contributed by atoms with E-state index in [2.05, 4.69) is 15.8 Å². The molecule has 11 heteroatoms. The van der Waals surface area contributed by atoms with Gasteiger partial charge >= 0.3 is 23.8 Å². The van der Waals surface area contributed by atoms with Crippen LogP contribution in [0.1, 0.15) is 56.7 Å². The number of ether oxygens (including phenoxy) is 2. The quantitative estimate of drug-likeness (QED) is 0.163. The number of furan rings is 1. The highest BCUT2D eigenvalue weighted by atomic mass is 32.1. The predicted octanol–water partition coefficient (Wildman–Crippen LogP) is 3.70. The number of esters is 2. The van der Waals surface area contributed by atoms with E-state index in [1.807, 2.05) is 0 Å². The Hall–Kier alpha value is -4.25. The average molecular weight is 510 g/mol. The van der Waals surface area contributed by atoms with Crippen molar-refractivity contribution < 1.29 is 33.1 Å². The highest BCUT2D eigenvalue weighted by Crippen LogP contribution is 2.38. The van der Waals surface area contributed by atoms with Crippen molar-refractivity contribution in [3.05, 3.63) is 70.0 Å². The molecule has 4 rings (SSSR count). The first-order chi connectivity index (χ1) is 17.5. The van der Waals surface area contributed by atoms with Gasteiger partial charge in [-0.15, -0.1) is 11.3 Å². The maximum absolute atomic E-state index is 12.5. The average Bonchev–Trinajstić information content (AvgIpc) is 3.52. The van der Waals surface area contributed by atoms with Crippen molar-refractivity contribution in [2.45, 2.75) is 32.6 Å². The second-order valence-electron chi connectivity index (χ2n) is 7.73. The van der Waals surface area contributed by atoms with Crippen LogP contribution < -0.4 is 15.5 Å². The predicted molar refractivity (Wildman–Crippen MR) is 131 cm³/mol. The first-order valence-electron chi connectivity index (χ1n) is 11.3. The van der Waals surface area contributed by atoms with Gasteiger partial charge in [-0.25, -0.2) is 15.0 Å². The van der Waals surface area contributed by atoms with Crippen LogP contribution in [0.4, 0.5) is 5.00 Å². The van der Waals surface area contributed by atoms with Crippen LogP contribution in [0, 0.1) is 0 Å². The molecule has 36 heavy (non-hydrogen) atoms. The van der Waals surface area contributed by atoms with Crippen molar-refractivity contribution in [3.8, 4) is 5.75 Å². The summed E-state index contributed by atoms with van der Waals surface area (Å²) >= 11 is 1.29. The van der Waals surface area contributed by atoms with E-state index in [-0.39, 0.29) is 18.1 Å². The van der Waals surface area contributed by atoms with Gasteiger partial charge in [0.1, 0.15) is 10.8 Å². The summed E-state index contributed by atoms with van der Waals surface area (Å²) in [5.74, 6) is -2.83. The summed E-state index contributed by atoms with van der Waals surface area (Å²) in [6, 6.07) is 9.46. The number of carbonyl (C=O) groups is 4. The Morgan fingerprint density at radius 2 is 1.92 bits per heavy atom. The van der Waals surface area contributed by atoms with E-state index in [9.17, 15) is 19.2 Å². The fraction of sp³-hybridized carbons (Fsp3) is 0.240. The molecule has 0 radical (unpaired) electrons. The molecule has 0 unspecified atom stereocenters. The Labute approximate surface area is 210 Å². The van der Waals surface area contributed by atoms with Crippen LogP contribution in [-0.4, -0.2) is 36.6 Å². The van der Waals surface area contributed by atoms with Crippen LogP contribution in [0.3, 0.4) is 0 Å². The van der Waals surface area contributed by atoms with Gasteiger partial charge in [-0.2, -0.15) is 5.10 Å². The van der Waals surface area contributed by atoms with Crippen LogP contribution in [0.5, 0.6) is 5.75 Å². The van der Waals surface area contributed by atoms with Crippen LogP contribution in [0.25, 0.3) is 0 Å². The lowest BCUT2D eigenvalue weighted by molar-refractivity contribution is -0.136. The van der Waals surface area contributed by atoms with Crippen LogP contribution in [-0.2, 0) is 27.2 Å². The molecule has 0 bridgehead atoms. The zero-order valence-corrected chi connectivity index (χ0v) is 20.2. The molecule has 0 atom stereocenters.